The van der Waals surface area contributed by atoms with Gasteiger partial charge in [0.25, 0.3) is 0 Å². The van der Waals surface area contributed by atoms with Gasteiger partial charge in [0.1, 0.15) is 0 Å². The Kier molecular flexibility index (Phi) is 10.5. The third kappa shape index (κ3) is 6.85. The van der Waals surface area contributed by atoms with Gasteiger partial charge >= 0.3 is 210 Å². The van der Waals surface area contributed by atoms with Crippen LogP contribution in [0.15, 0.2) is 61.2 Å². The molecule has 0 aliphatic carbocycles. The predicted molar refractivity (Wildman–Crippen MR) is 144 cm³/mol. The number of aromatic nitrogens is 3. The number of anilines is 1. The molecule has 6 heteroatoms. The summed E-state index contributed by atoms with van der Waals surface area (Å²) in [5.41, 5.74) is 2.93. The van der Waals surface area contributed by atoms with E-state index in [-0.39, 0.29) is 0 Å². The van der Waals surface area contributed by atoms with Crippen LogP contribution in [0.1, 0.15) is 70.4 Å². The zero-order chi connectivity index (χ0) is 24.2. The molecule has 34 heavy (non-hydrogen) atoms. The summed E-state index contributed by atoms with van der Waals surface area (Å²) in [6.07, 6.45) is 11.5. The zero-order valence-electron chi connectivity index (χ0n) is 21.1. The van der Waals surface area contributed by atoms with E-state index >= 15 is 0 Å². The molecule has 5 nitrogen and oxygen atoms in total. The second kappa shape index (κ2) is 13.5. The Morgan fingerprint density at radius 1 is 0.794 bits per heavy atom. The van der Waals surface area contributed by atoms with Gasteiger partial charge in [-0.1, -0.05) is 0 Å². The molecule has 180 valence electrons. The van der Waals surface area contributed by atoms with E-state index in [2.05, 4.69) is 66.3 Å². The molecule has 0 atom stereocenters. The van der Waals surface area contributed by atoms with E-state index in [0.29, 0.717) is 12.1 Å². The van der Waals surface area contributed by atoms with Gasteiger partial charge in [0.15, 0.2) is 0 Å². The van der Waals surface area contributed by atoms with Crippen LogP contribution in [0.25, 0.3) is 0 Å². The fraction of sp³-hybridized carbons (Fsp3) is 0.464. The summed E-state index contributed by atoms with van der Waals surface area (Å²) in [6, 6.07) is 19.5. The van der Waals surface area contributed by atoms with E-state index in [1.165, 1.54) is 57.4 Å². The number of unbranched alkanes of at least 4 members (excludes halogenated alkanes) is 3. The molecule has 1 aromatic heterocycles. The van der Waals surface area contributed by atoms with Gasteiger partial charge < -0.3 is 0 Å². The van der Waals surface area contributed by atoms with Crippen LogP contribution < -0.4 is 8.59 Å². The van der Waals surface area contributed by atoms with Crippen LogP contribution in [-0.4, -0.2) is 33.3 Å². The maximum atomic E-state index is 9.16. The molecule has 0 bridgehead atoms. The van der Waals surface area contributed by atoms with Crippen LogP contribution in [0.5, 0.6) is 0 Å². The van der Waals surface area contributed by atoms with Gasteiger partial charge in [-0.2, -0.15) is 0 Å². The minimum absolute atomic E-state index is 0.659. The number of nitriles is 1. The number of nitrogens with zero attached hydrogens (tertiary/aromatic N) is 5. The fourth-order valence-corrected chi connectivity index (χ4v) is 20.8. The van der Waals surface area contributed by atoms with Crippen LogP contribution in [0.2, 0.25) is 13.3 Å². The van der Waals surface area contributed by atoms with Crippen molar-refractivity contribution in [2.75, 3.05) is 5.01 Å². The number of benzene rings is 2. The molecule has 0 saturated carbocycles. The molecule has 0 N–H and O–H groups in total. The van der Waals surface area contributed by atoms with Gasteiger partial charge in [-0.05, 0) is 0 Å². The first-order valence-corrected chi connectivity index (χ1v) is 20.4. The molecule has 0 fully saturated rings. The molecule has 0 spiro atoms. The molecule has 3 rings (SSSR count). The number of hydrogen-bond donors (Lipinski definition) is 0. The van der Waals surface area contributed by atoms with E-state index in [4.69, 9.17) is 5.26 Å². The van der Waals surface area contributed by atoms with Crippen LogP contribution in [0, 0.1) is 11.3 Å². The van der Waals surface area contributed by atoms with Crippen molar-refractivity contribution in [2.45, 2.75) is 79.2 Å². The average molecular weight is 564 g/mol. The number of hydrogen-bond acceptors (Lipinski definition) is 4. The first-order chi connectivity index (χ1) is 16.7. The SMILES string of the molecule is CCC[CH2][Sn]([CH2]CCC)([CH2]CCC)[c]1ccc(CN(c2ccc(C#N)cc2)n2cnnc2)cc1. The van der Waals surface area contributed by atoms with Crippen LogP contribution >= 0.6 is 0 Å². The van der Waals surface area contributed by atoms with Crippen molar-refractivity contribution in [1.82, 2.24) is 14.9 Å². The van der Waals surface area contributed by atoms with E-state index < -0.39 is 18.4 Å². The van der Waals surface area contributed by atoms with Crippen molar-refractivity contribution in [1.29, 1.82) is 5.26 Å². The summed E-state index contributed by atoms with van der Waals surface area (Å²) >= 11 is -2.41. The van der Waals surface area contributed by atoms with Crippen molar-refractivity contribution in [2.24, 2.45) is 0 Å². The van der Waals surface area contributed by atoms with E-state index in [0.717, 1.165) is 5.69 Å². The third-order valence-corrected chi connectivity index (χ3v) is 22.6. The molecular formula is C28H39N5Sn. The Bertz CT molecular complexity index is 985. The molecule has 0 unspecified atom stereocenters. The quantitative estimate of drug-likeness (QED) is 0.205. The molecule has 1 heterocycles. The van der Waals surface area contributed by atoms with Gasteiger partial charge in [0, 0.05) is 0 Å². The molecule has 0 amide bonds. The van der Waals surface area contributed by atoms with Crippen LogP contribution in [0.3, 0.4) is 0 Å². The third-order valence-electron chi connectivity index (χ3n) is 6.91. The summed E-state index contributed by atoms with van der Waals surface area (Å²) in [6.45, 7) is 7.72. The second-order valence-electron chi connectivity index (χ2n) is 9.35. The fourth-order valence-electron chi connectivity index (χ4n) is 4.82. The summed E-state index contributed by atoms with van der Waals surface area (Å²) in [7, 11) is 0. The Labute approximate surface area is 209 Å². The maximum absolute atomic E-state index is 9.16. The van der Waals surface area contributed by atoms with Gasteiger partial charge in [0.05, 0.1) is 0 Å². The molecule has 0 saturated heterocycles. The van der Waals surface area contributed by atoms with Gasteiger partial charge in [-0.3, -0.25) is 0 Å². The number of rotatable bonds is 14. The summed E-state index contributed by atoms with van der Waals surface area (Å²) < 4.78 is 8.08. The zero-order valence-corrected chi connectivity index (χ0v) is 23.9. The molecule has 0 aliphatic heterocycles. The van der Waals surface area contributed by atoms with E-state index in [1.54, 1.807) is 16.2 Å². The first-order valence-electron chi connectivity index (χ1n) is 12.9. The monoisotopic (exact) mass is 565 g/mol. The molecule has 0 aliphatic rings. The first kappa shape index (κ1) is 26.3. The van der Waals surface area contributed by atoms with Crippen molar-refractivity contribution >= 4 is 27.6 Å². The Hall–Kier alpha value is -2.33. The van der Waals surface area contributed by atoms with Crippen molar-refractivity contribution in [3.63, 3.8) is 0 Å². The normalized spacial score (nSPS) is 11.4. The van der Waals surface area contributed by atoms with Crippen molar-refractivity contribution in [3.05, 3.63) is 72.3 Å². The topological polar surface area (TPSA) is 57.7 Å². The second-order valence-corrected chi connectivity index (χ2v) is 22.6. The summed E-state index contributed by atoms with van der Waals surface area (Å²) in [5, 5.41) is 19.3. The Morgan fingerprint density at radius 2 is 1.32 bits per heavy atom. The minimum atomic E-state index is -2.41. The molecule has 3 aromatic rings. The average Bonchev–Trinajstić information content (AvgIpc) is 3.42. The molecule has 2 aromatic carbocycles. The predicted octanol–water partition coefficient (Wildman–Crippen LogP) is 6.68. The molecular weight excluding hydrogens is 525 g/mol. The summed E-state index contributed by atoms with van der Waals surface area (Å²) in [5.74, 6) is 0. The van der Waals surface area contributed by atoms with Crippen LogP contribution in [0.4, 0.5) is 5.69 Å². The van der Waals surface area contributed by atoms with E-state index in [9.17, 15) is 0 Å². The van der Waals surface area contributed by atoms with Crippen LogP contribution in [-0.2, 0) is 6.54 Å². The van der Waals surface area contributed by atoms with Gasteiger partial charge in [0.2, 0.25) is 0 Å². The Balaban J connectivity index is 1.87. The summed E-state index contributed by atoms with van der Waals surface area (Å²) in [4.78, 5) is 0. The van der Waals surface area contributed by atoms with Crippen molar-refractivity contribution < 1.29 is 0 Å². The van der Waals surface area contributed by atoms with Gasteiger partial charge in [-0.15, -0.1) is 0 Å². The Morgan fingerprint density at radius 3 is 1.79 bits per heavy atom. The van der Waals surface area contributed by atoms with Crippen molar-refractivity contribution in [3.8, 4) is 6.07 Å². The van der Waals surface area contributed by atoms with Gasteiger partial charge in [-0.25, -0.2) is 0 Å². The molecule has 0 radical (unpaired) electrons. The standard InChI is InChI=1S/C16H12N5.3C4H9.Sn/c17-10-14-6-8-16(9-7-14)21(20-12-18-19-13-20)11-15-4-2-1-3-5-15;3*1-3-4-2;/h2-9,12-13H,11H2;3*1,3-4H2,2H3;. The van der Waals surface area contributed by atoms with E-state index in [1.807, 2.05) is 28.9 Å².